The van der Waals surface area contributed by atoms with Gasteiger partial charge in [0.15, 0.2) is 0 Å². The van der Waals surface area contributed by atoms with Crippen LogP contribution in [-0.4, -0.2) is 17.4 Å². The van der Waals surface area contributed by atoms with Crippen molar-refractivity contribution < 1.29 is 9.53 Å². The monoisotopic (exact) mass is 348 g/mol. The number of anilines is 1. The number of carbonyl (C=O) groups excluding carboxylic acids is 1. The maximum Gasteiger partial charge on any atom is 0.261 e. The van der Waals surface area contributed by atoms with Gasteiger partial charge in [0.25, 0.3) is 5.91 Å². The number of rotatable bonds is 2. The molecule has 0 unspecified atom stereocenters. The van der Waals surface area contributed by atoms with Gasteiger partial charge in [-0.15, -0.1) is 12.4 Å². The zero-order valence-electron chi connectivity index (χ0n) is 14.5. The lowest BCUT2D eigenvalue weighted by molar-refractivity contribution is -0.112. The number of halogens is 1. The lowest BCUT2D eigenvalue weighted by Gasteiger charge is -2.33. The maximum atomic E-state index is 12.7. The van der Waals surface area contributed by atoms with Gasteiger partial charge in [0, 0.05) is 5.69 Å². The Morgan fingerprint density at radius 3 is 2.46 bits per heavy atom. The molecule has 4 nitrogen and oxygen atoms in total. The molecule has 1 aromatic rings. The van der Waals surface area contributed by atoms with Gasteiger partial charge in [0.05, 0.1) is 0 Å². The minimum atomic E-state index is -0.412. The molecule has 0 bridgehead atoms. The first-order chi connectivity index (χ1) is 10.9. The molecular formula is C19H25ClN2O2. The van der Waals surface area contributed by atoms with Gasteiger partial charge in [0.1, 0.15) is 11.2 Å². The fourth-order valence-electron chi connectivity index (χ4n) is 3.73. The third-order valence-electron chi connectivity index (χ3n) is 5.10. The van der Waals surface area contributed by atoms with Gasteiger partial charge in [-0.25, -0.2) is 0 Å². The summed E-state index contributed by atoms with van der Waals surface area (Å²) in [6.07, 6.45) is 5.20. The Morgan fingerprint density at radius 1 is 1.17 bits per heavy atom. The van der Waals surface area contributed by atoms with Crippen molar-refractivity contribution in [2.24, 2.45) is 0 Å². The summed E-state index contributed by atoms with van der Waals surface area (Å²) in [6.45, 7) is 5.95. The topological polar surface area (TPSA) is 62.2 Å². The quantitative estimate of drug-likeness (QED) is 0.814. The molecule has 0 atom stereocenters. The van der Waals surface area contributed by atoms with E-state index in [1.807, 2.05) is 39.0 Å². The summed E-state index contributed by atoms with van der Waals surface area (Å²) < 4.78 is 5.87. The average molecular weight is 349 g/mol. The van der Waals surface area contributed by atoms with E-state index >= 15 is 0 Å². The van der Waals surface area contributed by atoms with Gasteiger partial charge in [-0.1, -0.05) is 24.1 Å². The van der Waals surface area contributed by atoms with E-state index in [0.29, 0.717) is 5.57 Å². The van der Waals surface area contributed by atoms with Crippen LogP contribution in [0.4, 0.5) is 5.69 Å². The number of carbonyl (C=O) groups is 1. The molecule has 1 aliphatic carbocycles. The molecular weight excluding hydrogens is 324 g/mol. The van der Waals surface area contributed by atoms with E-state index in [0.717, 1.165) is 48.1 Å². The standard InChI is InChI=1S/C19H24N2O2.ClH/c1-12-7-8-15(13(2)11-12)21-18(22)16-14(3)19(23-17(16)20)9-5-4-6-10-19;/h7-8,11,20H,4-6,9-10H2,1-3H3,(H,21,22);1H. The minimum absolute atomic E-state index is 0. The number of hydrogen-bond acceptors (Lipinski definition) is 3. The highest BCUT2D eigenvalue weighted by Gasteiger charge is 2.46. The van der Waals surface area contributed by atoms with Gasteiger partial charge in [-0.05, 0) is 63.7 Å². The normalized spacial score (nSPS) is 19.0. The highest BCUT2D eigenvalue weighted by Crippen LogP contribution is 2.43. The minimum Gasteiger partial charge on any atom is -0.466 e. The molecule has 0 saturated heterocycles. The van der Waals surface area contributed by atoms with Crippen molar-refractivity contribution in [2.75, 3.05) is 5.32 Å². The van der Waals surface area contributed by atoms with E-state index in [-0.39, 0.29) is 24.2 Å². The largest absolute Gasteiger partial charge is 0.466 e. The molecule has 2 N–H and O–H groups in total. The van der Waals surface area contributed by atoms with Crippen molar-refractivity contribution in [1.29, 1.82) is 5.41 Å². The molecule has 1 heterocycles. The first-order valence-corrected chi connectivity index (χ1v) is 8.31. The Morgan fingerprint density at radius 2 is 1.83 bits per heavy atom. The summed E-state index contributed by atoms with van der Waals surface area (Å²) in [5.41, 5.74) is 3.89. The average Bonchev–Trinajstić information content (AvgIpc) is 2.73. The maximum absolute atomic E-state index is 12.7. The van der Waals surface area contributed by atoms with E-state index in [2.05, 4.69) is 5.32 Å². The molecule has 24 heavy (non-hydrogen) atoms. The molecule has 1 fully saturated rings. The SMILES string of the molecule is CC1=C(C(=O)Nc2ccc(C)cc2C)C(=N)OC12CCCCC2.Cl. The summed E-state index contributed by atoms with van der Waals surface area (Å²) in [5, 5.41) is 11.1. The van der Waals surface area contributed by atoms with Crippen LogP contribution in [0, 0.1) is 19.3 Å². The highest BCUT2D eigenvalue weighted by atomic mass is 35.5. The van der Waals surface area contributed by atoms with Crippen LogP contribution in [0.25, 0.3) is 0 Å². The second kappa shape index (κ2) is 6.98. The van der Waals surface area contributed by atoms with Gasteiger partial charge < -0.3 is 10.1 Å². The Kier molecular flexibility index (Phi) is 5.38. The Balaban J connectivity index is 0.00000208. The predicted octanol–water partition coefficient (Wildman–Crippen LogP) is 4.69. The number of aryl methyl sites for hydroxylation is 2. The number of benzene rings is 1. The van der Waals surface area contributed by atoms with E-state index in [4.69, 9.17) is 10.1 Å². The number of ether oxygens (including phenoxy) is 1. The third-order valence-corrected chi connectivity index (χ3v) is 5.10. The molecule has 0 aromatic heterocycles. The predicted molar refractivity (Wildman–Crippen MR) is 99.1 cm³/mol. The van der Waals surface area contributed by atoms with Crippen LogP contribution in [0.1, 0.15) is 50.2 Å². The van der Waals surface area contributed by atoms with Crippen LogP contribution in [-0.2, 0) is 9.53 Å². The van der Waals surface area contributed by atoms with E-state index < -0.39 is 5.60 Å². The third kappa shape index (κ3) is 3.20. The lowest BCUT2D eigenvalue weighted by atomic mass is 9.79. The lowest BCUT2D eigenvalue weighted by Crippen LogP contribution is -2.33. The molecule has 0 radical (unpaired) electrons. The first-order valence-electron chi connectivity index (χ1n) is 8.31. The molecule has 3 rings (SSSR count). The fraction of sp³-hybridized carbons (Fsp3) is 0.474. The van der Waals surface area contributed by atoms with Crippen molar-refractivity contribution in [1.82, 2.24) is 0 Å². The van der Waals surface area contributed by atoms with Gasteiger partial charge in [-0.3, -0.25) is 10.2 Å². The zero-order valence-corrected chi connectivity index (χ0v) is 15.3. The van der Waals surface area contributed by atoms with Gasteiger partial charge >= 0.3 is 0 Å². The number of amides is 1. The molecule has 1 amide bonds. The van der Waals surface area contributed by atoms with Crippen LogP contribution in [0.3, 0.4) is 0 Å². The smallest absolute Gasteiger partial charge is 0.261 e. The van der Waals surface area contributed by atoms with Gasteiger partial charge in [-0.2, -0.15) is 0 Å². The van der Waals surface area contributed by atoms with Crippen LogP contribution >= 0.6 is 12.4 Å². The Hall–Kier alpha value is -1.81. The summed E-state index contributed by atoms with van der Waals surface area (Å²) >= 11 is 0. The van der Waals surface area contributed by atoms with Crippen molar-refractivity contribution >= 4 is 29.9 Å². The summed E-state index contributed by atoms with van der Waals surface area (Å²) in [5.74, 6) is -0.214. The molecule has 1 aliphatic heterocycles. The van der Waals surface area contributed by atoms with Gasteiger partial charge in [0.2, 0.25) is 5.90 Å². The molecule has 1 aromatic carbocycles. The number of hydrogen-bond donors (Lipinski definition) is 2. The summed E-state index contributed by atoms with van der Waals surface area (Å²) in [6, 6.07) is 5.92. The molecule has 130 valence electrons. The van der Waals surface area contributed by atoms with E-state index in [9.17, 15) is 4.79 Å². The summed E-state index contributed by atoms with van der Waals surface area (Å²) in [7, 11) is 0. The molecule has 1 saturated carbocycles. The summed E-state index contributed by atoms with van der Waals surface area (Å²) in [4.78, 5) is 12.7. The van der Waals surface area contributed by atoms with E-state index in [1.165, 1.54) is 6.42 Å². The molecule has 2 aliphatic rings. The fourth-order valence-corrected chi connectivity index (χ4v) is 3.73. The van der Waals surface area contributed by atoms with Crippen LogP contribution in [0.15, 0.2) is 29.3 Å². The van der Waals surface area contributed by atoms with Crippen LogP contribution < -0.4 is 5.32 Å². The van der Waals surface area contributed by atoms with Crippen LogP contribution in [0.5, 0.6) is 0 Å². The highest BCUT2D eigenvalue weighted by molar-refractivity contribution is 6.24. The van der Waals surface area contributed by atoms with Crippen molar-refractivity contribution in [3.63, 3.8) is 0 Å². The van der Waals surface area contributed by atoms with Crippen molar-refractivity contribution in [3.05, 3.63) is 40.5 Å². The zero-order chi connectivity index (χ0) is 16.6. The second-order valence-electron chi connectivity index (χ2n) is 6.76. The van der Waals surface area contributed by atoms with Crippen LogP contribution in [0.2, 0.25) is 0 Å². The number of nitrogens with one attached hydrogen (secondary N) is 2. The second-order valence-corrected chi connectivity index (χ2v) is 6.76. The molecule has 5 heteroatoms. The first kappa shape index (κ1) is 18.5. The van der Waals surface area contributed by atoms with E-state index in [1.54, 1.807) is 0 Å². The Labute approximate surface area is 149 Å². The Bertz CT molecular complexity index is 703. The molecule has 1 spiro atoms. The van der Waals surface area contributed by atoms with Crippen molar-refractivity contribution in [2.45, 2.75) is 58.5 Å². The van der Waals surface area contributed by atoms with Crippen molar-refractivity contribution in [3.8, 4) is 0 Å².